The number of benzene rings is 2. The number of carboxylic acids is 1. The van der Waals surface area contributed by atoms with E-state index in [1.54, 1.807) is 25.7 Å². The monoisotopic (exact) mass is 884 g/mol. The minimum atomic E-state index is -4.77. The lowest BCUT2D eigenvalue weighted by Gasteiger charge is -2.40. The molecule has 23 heteroatoms. The number of primary amides is 2. The molecule has 0 spiro atoms. The molecule has 2 fully saturated rings. The number of nitrogens with one attached hydrogen (secondary N) is 1. The third-order valence-corrected chi connectivity index (χ3v) is 8.96. The number of ether oxygens (including phenoxy) is 2. The normalized spacial score (nSPS) is 16.4. The summed E-state index contributed by atoms with van der Waals surface area (Å²) >= 11 is 0. The van der Waals surface area contributed by atoms with Crippen molar-refractivity contribution in [2.24, 2.45) is 17.2 Å². The Bertz CT molecular complexity index is 1950. The van der Waals surface area contributed by atoms with Crippen molar-refractivity contribution in [2.75, 3.05) is 26.2 Å². The number of piperidine rings is 2. The summed E-state index contributed by atoms with van der Waals surface area (Å²) in [6, 6.07) is 2.73. The first kappa shape index (κ1) is 51.4. The minimum absolute atomic E-state index is 0.0353. The van der Waals surface area contributed by atoms with Crippen LogP contribution in [0.5, 0.6) is 0 Å². The van der Waals surface area contributed by atoms with Crippen molar-refractivity contribution in [1.82, 2.24) is 15.1 Å². The molecule has 15 nitrogen and oxygen atoms in total. The summed E-state index contributed by atoms with van der Waals surface area (Å²) in [7, 11) is 0. The Kier molecular flexibility index (Phi) is 16.3. The molecule has 61 heavy (non-hydrogen) atoms. The fraction of sp³-hybridized carbons (Fsp3) is 0.526. The summed E-state index contributed by atoms with van der Waals surface area (Å²) in [5.74, 6) is -6.87. The molecule has 2 aromatic carbocycles. The second-order valence-electron chi connectivity index (χ2n) is 16.0. The number of halogens is 8. The van der Waals surface area contributed by atoms with Crippen LogP contribution in [0.2, 0.25) is 0 Å². The van der Waals surface area contributed by atoms with Crippen LogP contribution in [0.25, 0.3) is 0 Å². The quantitative estimate of drug-likeness (QED) is 0.234. The molecule has 340 valence electrons. The lowest BCUT2D eigenvalue weighted by atomic mass is 9.86. The van der Waals surface area contributed by atoms with Crippen LogP contribution in [-0.2, 0) is 31.4 Å². The van der Waals surface area contributed by atoms with Gasteiger partial charge in [0.2, 0.25) is 11.8 Å². The van der Waals surface area contributed by atoms with E-state index in [9.17, 15) is 63.9 Å². The minimum Gasteiger partial charge on any atom is -0.478 e. The summed E-state index contributed by atoms with van der Waals surface area (Å²) in [6.07, 6.45) is -9.77. The standard InChI is InChI=1S/C19H23F4N3O4.C11H21N3O3.C8H4F4O2/c1-17(2,3)30-16(29)26-8-6-18(7-9-26,15(24)28)25-14(27)12-5-4-11(10-13(12)20)19(21,22)23;1-10(2,3)17-9(16)14-6-4-11(13,5-7-14)8(12)15;9-6-3-4(8(10,11)12)1-2-5(6)7(13)14/h4-5,10H,6-9H2,1-3H3,(H2,24,28)(H,25,27);4-7,13H2,1-3H3,(H2,12,15);1-3H,(H,13,14). The van der Waals surface area contributed by atoms with Crippen molar-refractivity contribution < 1.29 is 78.5 Å². The summed E-state index contributed by atoms with van der Waals surface area (Å²) in [5, 5.41) is 10.7. The Hall–Kier alpha value is -5.74. The number of nitrogens with two attached hydrogens (primary N) is 3. The molecule has 0 aliphatic carbocycles. The second-order valence-corrected chi connectivity index (χ2v) is 16.0. The van der Waals surface area contributed by atoms with Crippen LogP contribution in [0, 0.1) is 11.6 Å². The number of aromatic carboxylic acids is 1. The third kappa shape index (κ3) is 15.0. The molecule has 0 aromatic heterocycles. The van der Waals surface area contributed by atoms with Gasteiger partial charge in [0.25, 0.3) is 5.91 Å². The van der Waals surface area contributed by atoms with Gasteiger partial charge in [-0.1, -0.05) is 0 Å². The molecule has 2 aliphatic heterocycles. The van der Waals surface area contributed by atoms with Gasteiger partial charge in [-0.2, -0.15) is 26.3 Å². The van der Waals surface area contributed by atoms with Crippen LogP contribution in [0.4, 0.5) is 44.7 Å². The molecule has 2 aromatic rings. The van der Waals surface area contributed by atoms with Crippen molar-refractivity contribution in [3.8, 4) is 0 Å². The van der Waals surface area contributed by atoms with Gasteiger partial charge in [0.15, 0.2) is 0 Å². The predicted octanol–water partition coefficient (Wildman–Crippen LogP) is 5.57. The Labute approximate surface area is 344 Å². The van der Waals surface area contributed by atoms with Crippen LogP contribution in [0.1, 0.15) is 99.1 Å². The van der Waals surface area contributed by atoms with E-state index < -0.39 is 98.3 Å². The van der Waals surface area contributed by atoms with E-state index in [-0.39, 0.29) is 44.2 Å². The van der Waals surface area contributed by atoms with Crippen LogP contribution in [-0.4, -0.2) is 99.2 Å². The fourth-order valence-corrected chi connectivity index (χ4v) is 5.52. The molecule has 8 N–H and O–H groups in total. The summed E-state index contributed by atoms with van der Waals surface area (Å²) in [5.41, 5.74) is 8.82. The van der Waals surface area contributed by atoms with Crippen molar-refractivity contribution >= 4 is 35.9 Å². The van der Waals surface area contributed by atoms with Crippen LogP contribution in [0.15, 0.2) is 36.4 Å². The highest BCUT2D eigenvalue weighted by Crippen LogP contribution is 2.32. The van der Waals surface area contributed by atoms with Gasteiger partial charge in [0.05, 0.1) is 27.8 Å². The Morgan fingerprint density at radius 1 is 0.639 bits per heavy atom. The molecular weight excluding hydrogens is 836 g/mol. The lowest BCUT2D eigenvalue weighted by Crippen LogP contribution is -2.63. The van der Waals surface area contributed by atoms with E-state index >= 15 is 0 Å². The number of hydrogen-bond acceptors (Lipinski definition) is 9. The van der Waals surface area contributed by atoms with Gasteiger partial charge in [-0.05, 0) is 104 Å². The highest BCUT2D eigenvalue weighted by atomic mass is 19.4. The van der Waals surface area contributed by atoms with Gasteiger partial charge in [-0.3, -0.25) is 14.4 Å². The molecule has 4 rings (SSSR count). The molecule has 0 unspecified atom stereocenters. The SMILES string of the molecule is CC(C)(C)OC(=O)N1CCC(N)(C(N)=O)CC1.CC(C)(C)OC(=O)N1CCC(NC(=O)c2ccc(C(F)(F)F)cc2F)(C(N)=O)CC1.O=C(O)c1ccc(C(F)(F)F)cc1F. The highest BCUT2D eigenvalue weighted by molar-refractivity contribution is 5.99. The van der Waals surface area contributed by atoms with Crippen molar-refractivity contribution in [2.45, 2.75) is 102 Å². The van der Waals surface area contributed by atoms with Crippen molar-refractivity contribution in [3.05, 3.63) is 70.3 Å². The van der Waals surface area contributed by atoms with Gasteiger partial charge < -0.3 is 46.9 Å². The second kappa shape index (κ2) is 19.3. The van der Waals surface area contributed by atoms with E-state index in [0.29, 0.717) is 50.2 Å². The van der Waals surface area contributed by atoms with E-state index in [1.165, 1.54) is 4.90 Å². The topological polar surface area (TPSA) is 238 Å². The maximum atomic E-state index is 14.1. The van der Waals surface area contributed by atoms with Gasteiger partial charge in [0.1, 0.15) is 28.4 Å². The first-order chi connectivity index (χ1) is 27.6. The fourth-order valence-electron chi connectivity index (χ4n) is 5.52. The Balaban J connectivity index is 0.000000348. The Morgan fingerprint density at radius 2 is 1.00 bits per heavy atom. The Morgan fingerprint density at radius 3 is 1.30 bits per heavy atom. The van der Waals surface area contributed by atoms with Crippen molar-refractivity contribution in [3.63, 3.8) is 0 Å². The number of hydrogen-bond donors (Lipinski definition) is 5. The maximum absolute atomic E-state index is 14.1. The zero-order valence-electron chi connectivity index (χ0n) is 34.0. The number of carbonyl (C=O) groups is 6. The van der Waals surface area contributed by atoms with E-state index in [4.69, 9.17) is 31.8 Å². The summed E-state index contributed by atoms with van der Waals surface area (Å²) in [4.78, 5) is 72.7. The molecular formula is C38H48F8N6O9. The molecule has 2 heterocycles. The van der Waals surface area contributed by atoms with Crippen LogP contribution >= 0.6 is 0 Å². The lowest BCUT2D eigenvalue weighted by molar-refractivity contribution is -0.138. The number of carbonyl (C=O) groups excluding carboxylic acids is 5. The zero-order valence-corrected chi connectivity index (χ0v) is 34.0. The first-order valence-corrected chi connectivity index (χ1v) is 18.2. The van der Waals surface area contributed by atoms with E-state index in [1.807, 2.05) is 20.8 Å². The van der Waals surface area contributed by atoms with Crippen molar-refractivity contribution in [1.29, 1.82) is 0 Å². The molecule has 0 saturated carbocycles. The number of alkyl halides is 6. The smallest absolute Gasteiger partial charge is 0.416 e. The van der Waals surface area contributed by atoms with Gasteiger partial charge in [-0.25, -0.2) is 23.2 Å². The molecule has 0 radical (unpaired) electrons. The largest absolute Gasteiger partial charge is 0.478 e. The van der Waals surface area contributed by atoms with Gasteiger partial charge in [-0.15, -0.1) is 0 Å². The highest BCUT2D eigenvalue weighted by Gasteiger charge is 2.44. The van der Waals surface area contributed by atoms with Crippen LogP contribution < -0.4 is 22.5 Å². The maximum Gasteiger partial charge on any atom is 0.416 e. The summed E-state index contributed by atoms with van der Waals surface area (Å²) in [6.45, 7) is 11.4. The predicted molar refractivity (Wildman–Crippen MR) is 199 cm³/mol. The zero-order chi connectivity index (χ0) is 47.1. The van der Waals surface area contributed by atoms with Crippen LogP contribution in [0.3, 0.4) is 0 Å². The number of rotatable bonds is 5. The molecule has 0 bridgehead atoms. The number of amides is 5. The average molecular weight is 885 g/mol. The number of nitrogens with zero attached hydrogens (tertiary/aromatic N) is 2. The average Bonchev–Trinajstić information content (AvgIpc) is 3.10. The van der Waals surface area contributed by atoms with Gasteiger partial charge in [0, 0.05) is 26.2 Å². The molecule has 2 saturated heterocycles. The molecule has 5 amide bonds. The first-order valence-electron chi connectivity index (χ1n) is 18.2. The third-order valence-electron chi connectivity index (χ3n) is 8.96. The molecule has 0 atom stereocenters. The molecule has 2 aliphatic rings. The van der Waals surface area contributed by atoms with E-state index in [0.717, 1.165) is 0 Å². The van der Waals surface area contributed by atoms with E-state index in [2.05, 4.69) is 5.32 Å². The number of carboxylic acid groups (broad SMARTS) is 1. The number of likely N-dealkylation sites (tertiary alicyclic amines) is 2. The summed E-state index contributed by atoms with van der Waals surface area (Å²) < 4.78 is 111. The van der Waals surface area contributed by atoms with Gasteiger partial charge >= 0.3 is 30.5 Å².